The van der Waals surface area contributed by atoms with E-state index in [1.54, 1.807) is 0 Å². The van der Waals surface area contributed by atoms with Gasteiger partial charge in [0.05, 0.1) is 0 Å². The van der Waals surface area contributed by atoms with Gasteiger partial charge in [-0.1, -0.05) is 311 Å². The van der Waals surface area contributed by atoms with Gasteiger partial charge in [0.25, 0.3) is 0 Å². The minimum atomic E-state index is -0.781. The van der Waals surface area contributed by atoms with E-state index in [0.717, 1.165) is 103 Å². The molecule has 0 aromatic carbocycles. The number of ether oxygens (including phenoxy) is 3. The Labute approximate surface area is 496 Å². The van der Waals surface area contributed by atoms with Gasteiger partial charge in [-0.3, -0.25) is 14.4 Å². The highest BCUT2D eigenvalue weighted by molar-refractivity contribution is 5.71. The van der Waals surface area contributed by atoms with Gasteiger partial charge in [-0.25, -0.2) is 0 Å². The molecule has 0 N–H and O–H groups in total. The van der Waals surface area contributed by atoms with Gasteiger partial charge in [0.1, 0.15) is 13.2 Å². The van der Waals surface area contributed by atoms with Crippen LogP contribution in [0.3, 0.4) is 0 Å². The second-order valence-electron chi connectivity index (χ2n) is 22.7. The number of hydrogen-bond donors (Lipinski definition) is 0. The van der Waals surface area contributed by atoms with Crippen molar-refractivity contribution in [3.8, 4) is 0 Å². The fourth-order valence-corrected chi connectivity index (χ4v) is 9.71. The normalized spacial score (nSPS) is 12.7. The summed E-state index contributed by atoms with van der Waals surface area (Å²) in [6.45, 7) is 6.54. The van der Waals surface area contributed by atoms with Crippen molar-refractivity contribution in [2.24, 2.45) is 0 Å². The Kier molecular flexibility index (Phi) is 64.7. The van der Waals surface area contributed by atoms with Crippen LogP contribution in [0.15, 0.2) is 97.2 Å². The Bertz CT molecular complexity index is 1560. The van der Waals surface area contributed by atoms with E-state index >= 15 is 0 Å². The summed E-state index contributed by atoms with van der Waals surface area (Å²) in [5.41, 5.74) is 0. The first-order valence-electron chi connectivity index (χ1n) is 34.2. The number of esters is 3. The van der Waals surface area contributed by atoms with Crippen molar-refractivity contribution in [3.63, 3.8) is 0 Å². The lowest BCUT2D eigenvalue weighted by Gasteiger charge is -2.18. The molecule has 0 aliphatic heterocycles. The number of hydrogen-bond acceptors (Lipinski definition) is 6. The van der Waals surface area contributed by atoms with Crippen LogP contribution in [0.2, 0.25) is 0 Å². The quantitative estimate of drug-likeness (QED) is 0.0261. The first kappa shape index (κ1) is 76.3. The van der Waals surface area contributed by atoms with E-state index in [2.05, 4.69) is 118 Å². The topological polar surface area (TPSA) is 78.9 Å². The number of carbonyl (C=O) groups excluding carboxylic acids is 3. The molecule has 0 amide bonds. The van der Waals surface area contributed by atoms with Gasteiger partial charge in [0.15, 0.2) is 6.10 Å². The fraction of sp³-hybridized carbons (Fsp3) is 0.743. The molecule has 0 fully saturated rings. The zero-order chi connectivity index (χ0) is 57.8. The maximum atomic E-state index is 12.9. The number of unbranched alkanes of at least 4 members (excludes halogenated alkanes) is 35. The predicted octanol–water partition coefficient (Wildman–Crippen LogP) is 23.6. The zero-order valence-electron chi connectivity index (χ0n) is 52.8. The molecule has 0 bridgehead atoms. The predicted molar refractivity (Wildman–Crippen MR) is 348 cm³/mol. The molecule has 6 heteroatoms. The number of rotatable bonds is 62. The fourth-order valence-electron chi connectivity index (χ4n) is 9.71. The smallest absolute Gasteiger partial charge is 0.306 e. The maximum Gasteiger partial charge on any atom is 0.306 e. The van der Waals surface area contributed by atoms with E-state index in [-0.39, 0.29) is 31.1 Å². The summed E-state index contributed by atoms with van der Waals surface area (Å²) in [5, 5.41) is 0. The highest BCUT2D eigenvalue weighted by atomic mass is 16.6. The van der Waals surface area contributed by atoms with E-state index < -0.39 is 6.10 Å². The number of allylic oxidation sites excluding steroid dienone is 16. The average molecular weight is 1110 g/mol. The van der Waals surface area contributed by atoms with E-state index in [9.17, 15) is 14.4 Å². The minimum absolute atomic E-state index is 0.0769. The lowest BCUT2D eigenvalue weighted by Crippen LogP contribution is -2.30. The lowest BCUT2D eigenvalue weighted by molar-refractivity contribution is -0.167. The van der Waals surface area contributed by atoms with Crippen LogP contribution in [-0.4, -0.2) is 37.2 Å². The van der Waals surface area contributed by atoms with Crippen molar-refractivity contribution >= 4 is 17.9 Å². The van der Waals surface area contributed by atoms with Crippen molar-refractivity contribution in [2.45, 2.75) is 341 Å². The molecular formula is C74H128O6. The van der Waals surface area contributed by atoms with Gasteiger partial charge < -0.3 is 14.2 Å². The van der Waals surface area contributed by atoms with E-state index in [1.165, 1.54) is 193 Å². The summed E-state index contributed by atoms with van der Waals surface area (Å²) < 4.78 is 17.0. The molecule has 0 spiro atoms. The molecule has 460 valence electrons. The van der Waals surface area contributed by atoms with Crippen LogP contribution in [-0.2, 0) is 28.6 Å². The molecule has 1 atom stereocenters. The molecule has 0 rings (SSSR count). The molecule has 0 aliphatic rings. The molecule has 0 saturated heterocycles. The largest absolute Gasteiger partial charge is 0.462 e. The van der Waals surface area contributed by atoms with Gasteiger partial charge in [-0.15, -0.1) is 0 Å². The Morgan fingerprint density at radius 3 is 0.762 bits per heavy atom. The third-order valence-corrected chi connectivity index (χ3v) is 14.8. The second kappa shape index (κ2) is 67.8. The summed E-state index contributed by atoms with van der Waals surface area (Å²) in [7, 11) is 0. The molecule has 0 aromatic heterocycles. The molecule has 0 heterocycles. The highest BCUT2D eigenvalue weighted by Gasteiger charge is 2.19. The first-order chi connectivity index (χ1) is 39.5. The molecule has 0 radical (unpaired) electrons. The van der Waals surface area contributed by atoms with Crippen LogP contribution in [0.1, 0.15) is 335 Å². The molecular weight excluding hydrogens is 985 g/mol. The lowest BCUT2D eigenvalue weighted by atomic mass is 10.0. The van der Waals surface area contributed by atoms with Crippen LogP contribution in [0.4, 0.5) is 0 Å². The van der Waals surface area contributed by atoms with E-state index in [4.69, 9.17) is 14.2 Å². The Hall–Kier alpha value is -3.67. The summed E-state index contributed by atoms with van der Waals surface area (Å²) in [4.78, 5) is 38.4. The van der Waals surface area contributed by atoms with Gasteiger partial charge in [0.2, 0.25) is 0 Å². The van der Waals surface area contributed by atoms with E-state index in [1.807, 2.05) is 0 Å². The Morgan fingerprint density at radius 1 is 0.263 bits per heavy atom. The van der Waals surface area contributed by atoms with Crippen LogP contribution in [0.5, 0.6) is 0 Å². The maximum absolute atomic E-state index is 12.9. The van der Waals surface area contributed by atoms with Gasteiger partial charge >= 0.3 is 17.9 Å². The minimum Gasteiger partial charge on any atom is -0.462 e. The van der Waals surface area contributed by atoms with Crippen molar-refractivity contribution < 1.29 is 28.6 Å². The molecule has 0 aromatic rings. The van der Waals surface area contributed by atoms with Crippen LogP contribution in [0.25, 0.3) is 0 Å². The van der Waals surface area contributed by atoms with Gasteiger partial charge in [-0.2, -0.15) is 0 Å². The summed E-state index contributed by atoms with van der Waals surface area (Å²) >= 11 is 0. The summed E-state index contributed by atoms with van der Waals surface area (Å²) in [6.07, 6.45) is 91.3. The van der Waals surface area contributed by atoms with Crippen LogP contribution >= 0.6 is 0 Å². The zero-order valence-corrected chi connectivity index (χ0v) is 52.8. The van der Waals surface area contributed by atoms with Gasteiger partial charge in [-0.05, 0) is 103 Å². The third-order valence-electron chi connectivity index (χ3n) is 14.8. The molecule has 80 heavy (non-hydrogen) atoms. The molecule has 1 unspecified atom stereocenters. The van der Waals surface area contributed by atoms with Crippen LogP contribution in [0, 0.1) is 0 Å². The van der Waals surface area contributed by atoms with E-state index in [0.29, 0.717) is 19.3 Å². The molecule has 6 nitrogen and oxygen atoms in total. The standard InChI is InChI=1S/C74H128O6/c1-4-7-10-13-16-19-22-25-27-29-31-33-34-35-36-37-38-39-40-42-43-45-47-49-52-55-58-61-64-67-73(76)79-70-71(69-78-72(75)66-63-60-57-54-51-24-21-18-15-12-9-6-3)80-74(77)68-65-62-59-56-53-50-48-46-44-41-32-30-28-26-23-20-17-14-11-8-5-2/h7,10,16,19,23,25-27,30-33,35-36,38-39,71H,4-6,8-9,11-15,17-18,20-22,24,28-29,34,37,40-70H2,1-3H3/b10-7-,19-16-,26-23-,27-25-,32-30-,33-31-,36-35-,39-38-. The first-order valence-corrected chi connectivity index (χ1v) is 34.2. The summed E-state index contributed by atoms with van der Waals surface area (Å²) in [6, 6.07) is 0. The Morgan fingerprint density at radius 2 is 0.487 bits per heavy atom. The monoisotopic (exact) mass is 1110 g/mol. The van der Waals surface area contributed by atoms with Gasteiger partial charge in [0, 0.05) is 19.3 Å². The van der Waals surface area contributed by atoms with Crippen molar-refractivity contribution in [1.29, 1.82) is 0 Å². The second-order valence-corrected chi connectivity index (χ2v) is 22.7. The van der Waals surface area contributed by atoms with Crippen molar-refractivity contribution in [2.75, 3.05) is 13.2 Å². The SMILES string of the molecule is CC/C=C\C/C=C\C/C=C\C/C=C\C/C=C\C/C=C\CCCCCCCCCCCCC(=O)OCC(COC(=O)CCCCCCCCCCCCCC)OC(=O)CCCCCCCCCCC/C=C\C/C=C\CCCCCCC. The van der Waals surface area contributed by atoms with Crippen LogP contribution < -0.4 is 0 Å². The highest BCUT2D eigenvalue weighted by Crippen LogP contribution is 2.17. The summed E-state index contributed by atoms with van der Waals surface area (Å²) in [5.74, 6) is -0.872. The van der Waals surface area contributed by atoms with Crippen molar-refractivity contribution in [1.82, 2.24) is 0 Å². The average Bonchev–Trinajstić information content (AvgIpc) is 3.46. The molecule has 0 saturated carbocycles. The Balaban J connectivity index is 4.28. The third kappa shape index (κ3) is 65.1. The van der Waals surface area contributed by atoms with Crippen molar-refractivity contribution in [3.05, 3.63) is 97.2 Å². The number of carbonyl (C=O) groups is 3. The molecule has 0 aliphatic carbocycles.